The van der Waals surface area contributed by atoms with Crippen molar-refractivity contribution in [2.45, 2.75) is 18.9 Å². The first-order valence-corrected chi connectivity index (χ1v) is 6.05. The smallest absolute Gasteiger partial charge is 0.276 e. The van der Waals surface area contributed by atoms with E-state index in [9.17, 15) is 4.79 Å². The third-order valence-corrected chi connectivity index (χ3v) is 3.06. The van der Waals surface area contributed by atoms with Gasteiger partial charge in [-0.05, 0) is 31.5 Å². The highest BCUT2D eigenvalue weighted by atomic mass is 35.5. The fourth-order valence-corrected chi connectivity index (χ4v) is 2.03. The van der Waals surface area contributed by atoms with E-state index in [1.165, 1.54) is 0 Å². The summed E-state index contributed by atoms with van der Waals surface area (Å²) in [5.74, 6) is -0.311. The number of nitrogens with one attached hydrogen (secondary N) is 2. The Bertz CT molecular complexity index is 392. The van der Waals surface area contributed by atoms with E-state index in [1.807, 2.05) is 0 Å². The van der Waals surface area contributed by atoms with Crippen LogP contribution in [-0.4, -0.2) is 25.1 Å². The molecule has 1 aromatic carbocycles. The van der Waals surface area contributed by atoms with Gasteiger partial charge in [-0.25, -0.2) is 5.48 Å². The molecule has 4 nitrogen and oxygen atoms in total. The Labute approximate surface area is 105 Å². The lowest BCUT2D eigenvalue weighted by Gasteiger charge is -2.11. The normalized spacial score (nSPS) is 19.2. The SMILES string of the molecule is O=C(NOCC1CCCN1)c1ccccc1Cl. The van der Waals surface area contributed by atoms with E-state index < -0.39 is 0 Å². The van der Waals surface area contributed by atoms with E-state index in [4.69, 9.17) is 16.4 Å². The van der Waals surface area contributed by atoms with Crippen LogP contribution < -0.4 is 10.8 Å². The average molecular weight is 255 g/mol. The maximum atomic E-state index is 11.7. The van der Waals surface area contributed by atoms with Crippen molar-refractivity contribution in [2.75, 3.05) is 13.2 Å². The van der Waals surface area contributed by atoms with E-state index in [1.54, 1.807) is 24.3 Å². The lowest BCUT2D eigenvalue weighted by atomic mass is 10.2. The zero-order chi connectivity index (χ0) is 12.1. The van der Waals surface area contributed by atoms with E-state index >= 15 is 0 Å². The number of halogens is 1. The van der Waals surface area contributed by atoms with Crippen LogP contribution in [0.4, 0.5) is 0 Å². The van der Waals surface area contributed by atoms with Gasteiger partial charge in [0.2, 0.25) is 0 Å². The van der Waals surface area contributed by atoms with Crippen LogP contribution in [0.5, 0.6) is 0 Å². The summed E-state index contributed by atoms with van der Waals surface area (Å²) < 4.78 is 0. The van der Waals surface area contributed by atoms with Crippen molar-refractivity contribution in [1.82, 2.24) is 10.8 Å². The third kappa shape index (κ3) is 3.43. The maximum absolute atomic E-state index is 11.7. The summed E-state index contributed by atoms with van der Waals surface area (Å²) in [6.07, 6.45) is 2.24. The lowest BCUT2D eigenvalue weighted by molar-refractivity contribution is 0.0243. The minimum Gasteiger partial charge on any atom is -0.312 e. The molecule has 5 heteroatoms. The molecule has 1 unspecified atom stereocenters. The van der Waals surface area contributed by atoms with Crippen molar-refractivity contribution in [3.63, 3.8) is 0 Å². The molecule has 1 saturated heterocycles. The van der Waals surface area contributed by atoms with Gasteiger partial charge >= 0.3 is 0 Å². The maximum Gasteiger partial charge on any atom is 0.276 e. The van der Waals surface area contributed by atoms with Crippen molar-refractivity contribution >= 4 is 17.5 Å². The Kier molecular flexibility index (Phi) is 4.36. The standard InChI is InChI=1S/C12H15ClN2O2/c13-11-6-2-1-5-10(11)12(16)15-17-8-9-4-3-7-14-9/h1-2,5-6,9,14H,3-4,7-8H2,(H,15,16). The molecule has 1 fully saturated rings. The van der Waals surface area contributed by atoms with Crippen LogP contribution in [0.25, 0.3) is 0 Å². The van der Waals surface area contributed by atoms with Gasteiger partial charge in [0.05, 0.1) is 17.2 Å². The zero-order valence-electron chi connectivity index (χ0n) is 9.41. The van der Waals surface area contributed by atoms with Crippen LogP contribution in [0.3, 0.4) is 0 Å². The fourth-order valence-electron chi connectivity index (χ4n) is 1.81. The summed E-state index contributed by atoms with van der Waals surface area (Å²) in [7, 11) is 0. The average Bonchev–Trinajstić information content (AvgIpc) is 2.82. The van der Waals surface area contributed by atoms with Crippen molar-refractivity contribution < 1.29 is 9.63 Å². The minimum atomic E-state index is -0.311. The second-order valence-electron chi connectivity index (χ2n) is 4.02. The van der Waals surface area contributed by atoms with Crippen molar-refractivity contribution in [2.24, 2.45) is 0 Å². The molecule has 0 aromatic heterocycles. The second kappa shape index (κ2) is 6.00. The Balaban J connectivity index is 1.79. The van der Waals surface area contributed by atoms with Crippen LogP contribution in [0, 0.1) is 0 Å². The van der Waals surface area contributed by atoms with Gasteiger partial charge in [0, 0.05) is 6.04 Å². The molecule has 1 atom stereocenters. The van der Waals surface area contributed by atoms with Crippen molar-refractivity contribution in [1.29, 1.82) is 0 Å². The number of hydroxylamine groups is 1. The van der Waals surface area contributed by atoms with Crippen LogP contribution in [0.1, 0.15) is 23.2 Å². The molecule has 0 bridgehead atoms. The Morgan fingerprint density at radius 3 is 3.06 bits per heavy atom. The van der Waals surface area contributed by atoms with Gasteiger partial charge < -0.3 is 5.32 Å². The highest BCUT2D eigenvalue weighted by Gasteiger charge is 2.15. The molecule has 2 rings (SSSR count). The summed E-state index contributed by atoms with van der Waals surface area (Å²) in [5.41, 5.74) is 2.83. The predicted octanol–water partition coefficient (Wildman–Crippen LogP) is 1.75. The first-order valence-electron chi connectivity index (χ1n) is 5.67. The van der Waals surface area contributed by atoms with Crippen LogP contribution >= 0.6 is 11.6 Å². The molecule has 0 spiro atoms. The Morgan fingerprint density at radius 2 is 2.35 bits per heavy atom. The van der Waals surface area contributed by atoms with Gasteiger partial charge in [-0.15, -0.1) is 0 Å². The molecule has 1 amide bonds. The molecular weight excluding hydrogens is 240 g/mol. The van der Waals surface area contributed by atoms with Gasteiger partial charge in [0.15, 0.2) is 0 Å². The summed E-state index contributed by atoms with van der Waals surface area (Å²) in [5, 5.41) is 3.70. The largest absolute Gasteiger partial charge is 0.312 e. The number of hydrogen-bond acceptors (Lipinski definition) is 3. The quantitative estimate of drug-likeness (QED) is 0.805. The van der Waals surface area contributed by atoms with Gasteiger partial charge in [0.25, 0.3) is 5.91 Å². The molecule has 0 saturated carbocycles. The first kappa shape index (κ1) is 12.4. The predicted molar refractivity (Wildman–Crippen MR) is 65.9 cm³/mol. The van der Waals surface area contributed by atoms with Gasteiger partial charge in [0.1, 0.15) is 0 Å². The molecule has 1 heterocycles. The second-order valence-corrected chi connectivity index (χ2v) is 4.42. The summed E-state index contributed by atoms with van der Waals surface area (Å²) in [6, 6.07) is 7.22. The van der Waals surface area contributed by atoms with E-state index in [2.05, 4.69) is 10.8 Å². The lowest BCUT2D eigenvalue weighted by Crippen LogP contribution is -2.33. The molecule has 2 N–H and O–H groups in total. The molecule has 1 aliphatic rings. The van der Waals surface area contributed by atoms with Gasteiger partial charge in [-0.1, -0.05) is 23.7 Å². The number of hydrogen-bond donors (Lipinski definition) is 2. The molecule has 1 aromatic rings. The summed E-state index contributed by atoms with van der Waals surface area (Å²) in [4.78, 5) is 16.9. The number of amides is 1. The molecule has 0 radical (unpaired) electrons. The highest BCUT2D eigenvalue weighted by Crippen LogP contribution is 2.14. The van der Waals surface area contributed by atoms with E-state index in [-0.39, 0.29) is 5.91 Å². The number of rotatable bonds is 4. The molecule has 0 aliphatic carbocycles. The van der Waals surface area contributed by atoms with Crippen LogP contribution in [0.2, 0.25) is 5.02 Å². The Morgan fingerprint density at radius 1 is 1.53 bits per heavy atom. The molecule has 1 aliphatic heterocycles. The van der Waals surface area contributed by atoms with E-state index in [0.29, 0.717) is 23.2 Å². The van der Waals surface area contributed by atoms with Crippen LogP contribution in [-0.2, 0) is 4.84 Å². The summed E-state index contributed by atoms with van der Waals surface area (Å²) in [6.45, 7) is 1.50. The van der Waals surface area contributed by atoms with Crippen LogP contribution in [0.15, 0.2) is 24.3 Å². The molecule has 17 heavy (non-hydrogen) atoms. The minimum absolute atomic E-state index is 0.311. The number of carbonyl (C=O) groups excluding carboxylic acids is 1. The number of carbonyl (C=O) groups is 1. The van der Waals surface area contributed by atoms with Crippen molar-refractivity contribution in [3.05, 3.63) is 34.9 Å². The Hall–Kier alpha value is -1.10. The highest BCUT2D eigenvalue weighted by molar-refractivity contribution is 6.33. The molecular formula is C12H15ClN2O2. The first-order chi connectivity index (χ1) is 8.27. The number of benzene rings is 1. The van der Waals surface area contributed by atoms with Crippen molar-refractivity contribution in [3.8, 4) is 0 Å². The monoisotopic (exact) mass is 254 g/mol. The van der Waals surface area contributed by atoms with E-state index in [0.717, 1.165) is 19.4 Å². The topological polar surface area (TPSA) is 50.4 Å². The van der Waals surface area contributed by atoms with Gasteiger partial charge in [-0.3, -0.25) is 9.63 Å². The summed E-state index contributed by atoms with van der Waals surface area (Å²) >= 11 is 5.90. The molecule has 92 valence electrons. The zero-order valence-corrected chi connectivity index (χ0v) is 10.2. The fraction of sp³-hybridized carbons (Fsp3) is 0.417. The third-order valence-electron chi connectivity index (χ3n) is 2.73. The van der Waals surface area contributed by atoms with Gasteiger partial charge in [-0.2, -0.15) is 0 Å².